The van der Waals surface area contributed by atoms with Crippen LogP contribution in [0.25, 0.3) is 10.9 Å². The van der Waals surface area contributed by atoms with Gasteiger partial charge in [-0.25, -0.2) is 18.2 Å². The van der Waals surface area contributed by atoms with Crippen molar-refractivity contribution in [3.63, 3.8) is 0 Å². The predicted molar refractivity (Wildman–Crippen MR) is 107 cm³/mol. The monoisotopic (exact) mass is 398 g/mol. The standard InChI is InChI=1S/C22H21F3N4/c23-16-7-5-15(6-8-16)21(9-10-21)28-19-17-3-1-2-4-18(17)26-20(27-19)29-13-11-22(24,25)12-14-29/h1-8H,9-14H2,(H,26,27,28). The van der Waals surface area contributed by atoms with E-state index < -0.39 is 5.92 Å². The highest BCUT2D eigenvalue weighted by molar-refractivity contribution is 5.90. The number of para-hydroxylation sites is 1. The lowest BCUT2D eigenvalue weighted by molar-refractivity contribution is -0.0222. The van der Waals surface area contributed by atoms with Gasteiger partial charge in [0.05, 0.1) is 11.1 Å². The van der Waals surface area contributed by atoms with Gasteiger partial charge in [-0.1, -0.05) is 24.3 Å². The molecule has 2 aliphatic rings. The maximum atomic E-state index is 13.6. The molecule has 2 aromatic carbocycles. The van der Waals surface area contributed by atoms with E-state index in [1.165, 1.54) is 12.1 Å². The molecule has 4 nitrogen and oxygen atoms in total. The van der Waals surface area contributed by atoms with Crippen LogP contribution in [-0.2, 0) is 5.54 Å². The molecule has 1 saturated carbocycles. The highest BCUT2D eigenvalue weighted by atomic mass is 19.3. The first-order chi connectivity index (χ1) is 13.9. The molecule has 150 valence electrons. The van der Waals surface area contributed by atoms with Gasteiger partial charge in [0.1, 0.15) is 11.6 Å². The molecule has 2 heterocycles. The second kappa shape index (κ2) is 6.61. The molecular weight excluding hydrogens is 377 g/mol. The third kappa shape index (κ3) is 3.50. The number of halogens is 3. The van der Waals surface area contributed by atoms with Crippen molar-refractivity contribution < 1.29 is 13.2 Å². The Labute approximate surface area is 166 Å². The number of fused-ring (bicyclic) bond motifs is 1. The smallest absolute Gasteiger partial charge is 0.251 e. The minimum atomic E-state index is -2.62. The summed E-state index contributed by atoms with van der Waals surface area (Å²) < 4.78 is 40.5. The molecule has 5 rings (SSSR count). The zero-order valence-corrected chi connectivity index (χ0v) is 15.8. The Hall–Kier alpha value is -2.83. The second-order valence-corrected chi connectivity index (χ2v) is 7.95. The van der Waals surface area contributed by atoms with Crippen molar-refractivity contribution >= 4 is 22.7 Å². The lowest BCUT2D eigenvalue weighted by atomic mass is 10.0. The molecule has 0 amide bonds. The molecular formula is C22H21F3N4. The molecule has 2 fully saturated rings. The number of anilines is 2. The number of aromatic nitrogens is 2. The van der Waals surface area contributed by atoms with Crippen LogP contribution in [0.3, 0.4) is 0 Å². The van der Waals surface area contributed by atoms with Crippen LogP contribution in [0, 0.1) is 5.82 Å². The quantitative estimate of drug-likeness (QED) is 0.663. The molecule has 1 aliphatic carbocycles. The summed E-state index contributed by atoms with van der Waals surface area (Å²) in [6.45, 7) is 0.460. The number of nitrogens with one attached hydrogen (secondary N) is 1. The molecule has 0 bridgehead atoms. The molecule has 1 aromatic heterocycles. The highest BCUT2D eigenvalue weighted by Crippen LogP contribution is 2.49. The fourth-order valence-electron chi connectivity index (χ4n) is 3.94. The summed E-state index contributed by atoms with van der Waals surface area (Å²) in [7, 11) is 0. The number of rotatable bonds is 4. The minimum absolute atomic E-state index is 0.189. The van der Waals surface area contributed by atoms with Crippen molar-refractivity contribution in [3.05, 3.63) is 59.9 Å². The Kier molecular flexibility index (Phi) is 4.15. The number of alkyl halides is 2. The summed E-state index contributed by atoms with van der Waals surface area (Å²) in [4.78, 5) is 11.2. The van der Waals surface area contributed by atoms with E-state index in [0.717, 1.165) is 29.3 Å². The Bertz CT molecular complexity index is 1040. The van der Waals surface area contributed by atoms with Gasteiger partial charge in [0, 0.05) is 31.3 Å². The summed E-state index contributed by atoms with van der Waals surface area (Å²) >= 11 is 0. The van der Waals surface area contributed by atoms with Gasteiger partial charge in [-0.15, -0.1) is 0 Å². The van der Waals surface area contributed by atoms with Gasteiger partial charge in [0.2, 0.25) is 5.95 Å². The van der Waals surface area contributed by atoms with Crippen LogP contribution in [0.2, 0.25) is 0 Å². The number of nitrogens with zero attached hydrogens (tertiary/aromatic N) is 3. The highest BCUT2D eigenvalue weighted by Gasteiger charge is 2.45. The van der Waals surface area contributed by atoms with Gasteiger partial charge >= 0.3 is 0 Å². The molecule has 0 unspecified atom stereocenters. The van der Waals surface area contributed by atoms with Crippen molar-refractivity contribution in [1.29, 1.82) is 0 Å². The van der Waals surface area contributed by atoms with E-state index in [0.29, 0.717) is 11.8 Å². The van der Waals surface area contributed by atoms with Crippen LogP contribution in [-0.4, -0.2) is 29.0 Å². The van der Waals surface area contributed by atoms with Crippen LogP contribution in [0.15, 0.2) is 48.5 Å². The van der Waals surface area contributed by atoms with E-state index in [9.17, 15) is 13.2 Å². The molecule has 1 aliphatic heterocycles. The summed E-state index contributed by atoms with van der Waals surface area (Å²) in [6.07, 6.45) is 1.46. The summed E-state index contributed by atoms with van der Waals surface area (Å²) in [5.74, 6) is -1.72. The van der Waals surface area contributed by atoms with Gasteiger partial charge < -0.3 is 10.2 Å². The molecule has 1 saturated heterocycles. The van der Waals surface area contributed by atoms with Gasteiger partial charge in [-0.2, -0.15) is 4.98 Å². The number of hydrogen-bond donors (Lipinski definition) is 1. The average Bonchev–Trinajstić information content (AvgIpc) is 3.49. The Morgan fingerprint density at radius 3 is 2.24 bits per heavy atom. The third-order valence-corrected chi connectivity index (χ3v) is 5.87. The lowest BCUT2D eigenvalue weighted by Gasteiger charge is -2.32. The van der Waals surface area contributed by atoms with Crippen LogP contribution in [0.4, 0.5) is 24.9 Å². The maximum Gasteiger partial charge on any atom is 0.251 e. The van der Waals surface area contributed by atoms with E-state index in [-0.39, 0.29) is 37.3 Å². The van der Waals surface area contributed by atoms with E-state index >= 15 is 0 Å². The fourth-order valence-corrected chi connectivity index (χ4v) is 3.94. The largest absolute Gasteiger partial charge is 0.360 e. The van der Waals surface area contributed by atoms with Crippen molar-refractivity contribution in [1.82, 2.24) is 9.97 Å². The Balaban J connectivity index is 1.50. The summed E-state index contributed by atoms with van der Waals surface area (Å²) in [5, 5.41) is 4.44. The lowest BCUT2D eigenvalue weighted by Crippen LogP contribution is -2.40. The first-order valence-corrected chi connectivity index (χ1v) is 9.88. The van der Waals surface area contributed by atoms with Crippen molar-refractivity contribution in [2.75, 3.05) is 23.3 Å². The zero-order chi connectivity index (χ0) is 20.1. The number of hydrogen-bond acceptors (Lipinski definition) is 4. The van der Waals surface area contributed by atoms with Crippen molar-refractivity contribution in [2.45, 2.75) is 37.1 Å². The van der Waals surface area contributed by atoms with E-state index in [2.05, 4.69) is 10.3 Å². The predicted octanol–water partition coefficient (Wildman–Crippen LogP) is 5.11. The second-order valence-electron chi connectivity index (χ2n) is 7.95. The molecule has 0 atom stereocenters. The number of benzene rings is 2. The van der Waals surface area contributed by atoms with Crippen LogP contribution in [0.1, 0.15) is 31.2 Å². The first-order valence-electron chi connectivity index (χ1n) is 9.88. The van der Waals surface area contributed by atoms with Crippen LogP contribution >= 0.6 is 0 Å². The fraction of sp³-hybridized carbons (Fsp3) is 0.364. The zero-order valence-electron chi connectivity index (χ0n) is 15.8. The maximum absolute atomic E-state index is 13.6. The van der Waals surface area contributed by atoms with E-state index in [1.807, 2.05) is 29.2 Å². The molecule has 7 heteroatoms. The van der Waals surface area contributed by atoms with Crippen molar-refractivity contribution in [2.24, 2.45) is 0 Å². The summed E-state index contributed by atoms with van der Waals surface area (Å²) in [5.41, 5.74) is 1.50. The number of piperidine rings is 1. The normalized spacial score (nSPS) is 19.9. The topological polar surface area (TPSA) is 41.1 Å². The SMILES string of the molecule is Fc1ccc(C2(Nc3nc(N4CCC(F)(F)CC4)nc4ccccc34)CC2)cc1. The Morgan fingerprint density at radius 1 is 0.862 bits per heavy atom. The van der Waals surface area contributed by atoms with Gasteiger partial charge in [-0.3, -0.25) is 0 Å². The summed E-state index contributed by atoms with van der Waals surface area (Å²) in [6, 6.07) is 14.2. The van der Waals surface area contributed by atoms with Crippen LogP contribution < -0.4 is 10.2 Å². The van der Waals surface area contributed by atoms with Gasteiger partial charge in [0.25, 0.3) is 5.92 Å². The molecule has 29 heavy (non-hydrogen) atoms. The van der Waals surface area contributed by atoms with Crippen LogP contribution in [0.5, 0.6) is 0 Å². The van der Waals surface area contributed by atoms with Crippen molar-refractivity contribution in [3.8, 4) is 0 Å². The molecule has 0 spiro atoms. The minimum Gasteiger partial charge on any atom is -0.360 e. The average molecular weight is 398 g/mol. The Morgan fingerprint density at radius 2 is 1.55 bits per heavy atom. The van der Waals surface area contributed by atoms with E-state index in [4.69, 9.17) is 4.98 Å². The third-order valence-electron chi connectivity index (χ3n) is 5.87. The molecule has 3 aromatic rings. The molecule has 1 N–H and O–H groups in total. The first kappa shape index (κ1) is 18.2. The van der Waals surface area contributed by atoms with Gasteiger partial charge in [-0.05, 0) is 42.7 Å². The molecule has 0 radical (unpaired) electrons. The van der Waals surface area contributed by atoms with Gasteiger partial charge in [0.15, 0.2) is 0 Å². The van der Waals surface area contributed by atoms with E-state index in [1.54, 1.807) is 12.1 Å².